The van der Waals surface area contributed by atoms with E-state index in [1.807, 2.05) is 13.8 Å². The highest BCUT2D eigenvalue weighted by Crippen LogP contribution is 2.33. The molecule has 0 aromatic rings. The molecule has 3 N–H and O–H groups in total. The van der Waals surface area contributed by atoms with Gasteiger partial charge in [0.2, 0.25) is 11.8 Å². The topological polar surface area (TPSA) is 78.4 Å². The molecule has 1 saturated carbocycles. The van der Waals surface area contributed by atoms with E-state index < -0.39 is 11.6 Å². The van der Waals surface area contributed by atoms with Crippen molar-refractivity contribution in [1.82, 2.24) is 10.6 Å². The first-order valence-corrected chi connectivity index (χ1v) is 8.04. The Bertz CT molecular complexity index is 361. The van der Waals surface area contributed by atoms with Gasteiger partial charge in [-0.05, 0) is 37.5 Å². The number of nitrogens with one attached hydrogen (secondary N) is 2. The minimum absolute atomic E-state index is 0.0133. The van der Waals surface area contributed by atoms with E-state index in [9.17, 15) is 14.7 Å². The standard InChI is InChI=1S/C16H30N2O3/c1-5-13-6-8-16(21,9-7-13)10-17-15(20)14(11(2)3)18-12(4)19/h11,13-14,21H,5-10H2,1-4H3,(H,17,20)(H,18,19). The fourth-order valence-electron chi connectivity index (χ4n) is 2.92. The van der Waals surface area contributed by atoms with Crippen molar-refractivity contribution in [3.63, 3.8) is 0 Å². The Labute approximate surface area is 127 Å². The van der Waals surface area contributed by atoms with Crippen LogP contribution in [0.1, 0.15) is 59.8 Å². The molecule has 0 bridgehead atoms. The molecule has 21 heavy (non-hydrogen) atoms. The van der Waals surface area contributed by atoms with E-state index in [0.717, 1.165) is 32.1 Å². The molecule has 1 rings (SSSR count). The zero-order chi connectivity index (χ0) is 16.0. The van der Waals surface area contributed by atoms with Gasteiger partial charge >= 0.3 is 0 Å². The molecule has 0 radical (unpaired) electrons. The van der Waals surface area contributed by atoms with E-state index in [-0.39, 0.29) is 24.3 Å². The molecule has 1 atom stereocenters. The number of amides is 2. The fraction of sp³-hybridized carbons (Fsp3) is 0.875. The SMILES string of the molecule is CCC1CCC(O)(CNC(=O)C(NC(C)=O)C(C)C)CC1. The van der Waals surface area contributed by atoms with Crippen LogP contribution < -0.4 is 10.6 Å². The highest BCUT2D eigenvalue weighted by atomic mass is 16.3. The number of carbonyl (C=O) groups excluding carboxylic acids is 2. The summed E-state index contributed by atoms with van der Waals surface area (Å²) in [6, 6.07) is -0.543. The van der Waals surface area contributed by atoms with E-state index >= 15 is 0 Å². The van der Waals surface area contributed by atoms with Gasteiger partial charge in [-0.25, -0.2) is 0 Å². The lowest BCUT2D eigenvalue weighted by molar-refractivity contribution is -0.130. The third-order valence-corrected chi connectivity index (χ3v) is 4.51. The fourth-order valence-corrected chi connectivity index (χ4v) is 2.92. The third kappa shape index (κ3) is 5.65. The van der Waals surface area contributed by atoms with Crippen LogP contribution in [0.2, 0.25) is 0 Å². The van der Waals surface area contributed by atoms with Gasteiger partial charge in [-0.2, -0.15) is 0 Å². The maximum atomic E-state index is 12.2. The maximum Gasteiger partial charge on any atom is 0.242 e. The number of carbonyl (C=O) groups is 2. The second-order valence-electron chi connectivity index (χ2n) is 6.72. The molecule has 5 nitrogen and oxygen atoms in total. The summed E-state index contributed by atoms with van der Waals surface area (Å²) in [4.78, 5) is 23.3. The predicted molar refractivity (Wildman–Crippen MR) is 82.7 cm³/mol. The van der Waals surface area contributed by atoms with Gasteiger partial charge in [-0.1, -0.05) is 27.2 Å². The molecule has 0 aliphatic heterocycles. The lowest BCUT2D eigenvalue weighted by Gasteiger charge is -2.36. The smallest absolute Gasteiger partial charge is 0.242 e. The first-order chi connectivity index (χ1) is 9.77. The Kier molecular flexibility index (Phi) is 6.65. The van der Waals surface area contributed by atoms with Crippen LogP contribution in [0.4, 0.5) is 0 Å². The summed E-state index contributed by atoms with van der Waals surface area (Å²) in [7, 11) is 0. The van der Waals surface area contributed by atoms with E-state index in [0.29, 0.717) is 5.92 Å². The van der Waals surface area contributed by atoms with Crippen LogP contribution in [0.15, 0.2) is 0 Å². The van der Waals surface area contributed by atoms with Gasteiger partial charge in [-0.15, -0.1) is 0 Å². The van der Waals surface area contributed by atoms with E-state index in [1.165, 1.54) is 6.92 Å². The van der Waals surface area contributed by atoms with E-state index in [4.69, 9.17) is 0 Å². The highest BCUT2D eigenvalue weighted by Gasteiger charge is 2.34. The minimum Gasteiger partial charge on any atom is -0.388 e. The monoisotopic (exact) mass is 298 g/mol. The van der Waals surface area contributed by atoms with Crippen LogP contribution in [-0.2, 0) is 9.59 Å². The summed E-state index contributed by atoms with van der Waals surface area (Å²) < 4.78 is 0. The van der Waals surface area contributed by atoms with Gasteiger partial charge < -0.3 is 15.7 Å². The summed E-state index contributed by atoms with van der Waals surface area (Å²) in [6.07, 6.45) is 4.65. The molecule has 0 spiro atoms. The van der Waals surface area contributed by atoms with Gasteiger partial charge in [0.15, 0.2) is 0 Å². The quantitative estimate of drug-likeness (QED) is 0.697. The summed E-state index contributed by atoms with van der Waals surface area (Å²) in [5.41, 5.74) is -0.793. The number of rotatable bonds is 6. The van der Waals surface area contributed by atoms with Crippen molar-refractivity contribution in [2.45, 2.75) is 71.4 Å². The summed E-state index contributed by atoms with van der Waals surface area (Å²) >= 11 is 0. The number of aliphatic hydroxyl groups is 1. The van der Waals surface area contributed by atoms with Gasteiger partial charge in [0.05, 0.1) is 5.60 Å². The summed E-state index contributed by atoms with van der Waals surface area (Å²) in [6.45, 7) is 7.63. The predicted octanol–water partition coefficient (Wildman–Crippen LogP) is 1.59. The molecule has 0 aromatic heterocycles. The first kappa shape index (κ1) is 18.0. The summed E-state index contributed by atoms with van der Waals surface area (Å²) in [5.74, 6) is 0.278. The zero-order valence-electron chi connectivity index (χ0n) is 13.7. The van der Waals surface area contributed by atoms with E-state index in [1.54, 1.807) is 0 Å². The molecule has 1 fully saturated rings. The molecule has 0 saturated heterocycles. The molecular formula is C16H30N2O3. The summed E-state index contributed by atoms with van der Waals surface area (Å²) in [5, 5.41) is 16.0. The molecule has 5 heteroatoms. The lowest BCUT2D eigenvalue weighted by Crippen LogP contribution is -2.53. The van der Waals surface area contributed by atoms with Crippen molar-refractivity contribution in [3.8, 4) is 0 Å². The largest absolute Gasteiger partial charge is 0.388 e. The Morgan fingerprint density at radius 3 is 2.29 bits per heavy atom. The maximum absolute atomic E-state index is 12.2. The third-order valence-electron chi connectivity index (χ3n) is 4.51. The van der Waals surface area contributed by atoms with E-state index in [2.05, 4.69) is 17.6 Å². The average Bonchev–Trinajstić information content (AvgIpc) is 2.43. The number of hydrogen-bond acceptors (Lipinski definition) is 3. The zero-order valence-corrected chi connectivity index (χ0v) is 13.7. The lowest BCUT2D eigenvalue weighted by atomic mass is 9.78. The molecule has 122 valence electrons. The van der Waals surface area contributed by atoms with Crippen LogP contribution in [0.25, 0.3) is 0 Å². The van der Waals surface area contributed by atoms with Gasteiger partial charge in [0.1, 0.15) is 6.04 Å². The van der Waals surface area contributed by atoms with Crippen LogP contribution in [0.5, 0.6) is 0 Å². The first-order valence-electron chi connectivity index (χ1n) is 8.04. The van der Waals surface area contributed by atoms with Crippen molar-refractivity contribution in [2.24, 2.45) is 11.8 Å². The molecule has 0 heterocycles. The van der Waals surface area contributed by atoms with Crippen LogP contribution in [-0.4, -0.2) is 35.1 Å². The Morgan fingerprint density at radius 2 is 1.86 bits per heavy atom. The van der Waals surface area contributed by atoms with Crippen LogP contribution in [0, 0.1) is 11.8 Å². The second kappa shape index (κ2) is 7.78. The van der Waals surface area contributed by atoms with Crippen molar-refractivity contribution < 1.29 is 14.7 Å². The average molecular weight is 298 g/mol. The molecule has 2 amide bonds. The van der Waals surface area contributed by atoms with Gasteiger partial charge in [0, 0.05) is 13.5 Å². The van der Waals surface area contributed by atoms with Crippen molar-refractivity contribution >= 4 is 11.8 Å². The Balaban J connectivity index is 2.49. The molecule has 1 aliphatic rings. The molecule has 1 unspecified atom stereocenters. The second-order valence-corrected chi connectivity index (χ2v) is 6.72. The van der Waals surface area contributed by atoms with Crippen molar-refractivity contribution in [3.05, 3.63) is 0 Å². The minimum atomic E-state index is -0.793. The van der Waals surface area contributed by atoms with Crippen molar-refractivity contribution in [1.29, 1.82) is 0 Å². The van der Waals surface area contributed by atoms with Gasteiger partial charge in [0.25, 0.3) is 0 Å². The van der Waals surface area contributed by atoms with Crippen LogP contribution in [0.3, 0.4) is 0 Å². The molecular weight excluding hydrogens is 268 g/mol. The highest BCUT2D eigenvalue weighted by molar-refractivity contribution is 5.87. The normalized spacial score (nSPS) is 27.2. The molecule has 0 aromatic carbocycles. The number of hydrogen-bond donors (Lipinski definition) is 3. The van der Waals surface area contributed by atoms with Crippen molar-refractivity contribution in [2.75, 3.05) is 6.54 Å². The molecule has 1 aliphatic carbocycles. The Hall–Kier alpha value is -1.10. The Morgan fingerprint density at radius 1 is 1.29 bits per heavy atom. The van der Waals surface area contributed by atoms with Crippen LogP contribution >= 0.6 is 0 Å². The van der Waals surface area contributed by atoms with Gasteiger partial charge in [-0.3, -0.25) is 9.59 Å².